The molecule has 0 bridgehead atoms. The minimum atomic E-state index is -3.76. The Bertz CT molecular complexity index is 1020. The van der Waals surface area contributed by atoms with Crippen LogP contribution in [-0.2, 0) is 19.6 Å². The predicted octanol–water partition coefficient (Wildman–Crippen LogP) is 3.44. The third-order valence-electron chi connectivity index (χ3n) is 5.72. The molecular weight excluding hydrogens is 436 g/mol. The number of esters is 1. The van der Waals surface area contributed by atoms with Crippen molar-refractivity contribution in [1.29, 1.82) is 0 Å². The van der Waals surface area contributed by atoms with Crippen LogP contribution in [-0.4, -0.2) is 55.7 Å². The molecule has 1 aromatic heterocycles. The van der Waals surface area contributed by atoms with E-state index in [4.69, 9.17) is 4.74 Å². The van der Waals surface area contributed by atoms with E-state index in [0.717, 1.165) is 43.4 Å². The number of rotatable bonds is 6. The Morgan fingerprint density at radius 1 is 0.903 bits per heavy atom. The summed E-state index contributed by atoms with van der Waals surface area (Å²) in [5, 5.41) is 1.57. The Morgan fingerprint density at radius 3 is 2.23 bits per heavy atom. The monoisotopic (exact) mass is 462 g/mol. The molecule has 2 aromatic rings. The summed E-state index contributed by atoms with van der Waals surface area (Å²) in [6.45, 7) is 2.17. The maximum atomic E-state index is 13.2. The van der Waals surface area contributed by atoms with Crippen molar-refractivity contribution in [3.05, 3.63) is 52.2 Å². The maximum absolute atomic E-state index is 13.2. The normalized spacial score (nSPS) is 18.6. The number of hydrogen-bond acceptors (Lipinski definition) is 6. The van der Waals surface area contributed by atoms with E-state index in [1.165, 1.54) is 10.4 Å². The number of hydrogen-bond donors (Lipinski definition) is 0. The molecule has 2 aliphatic heterocycles. The number of ether oxygens (including phenoxy) is 1. The fraction of sp³-hybridized carbons (Fsp3) is 0.455. The zero-order chi connectivity index (χ0) is 21.8. The van der Waals surface area contributed by atoms with E-state index < -0.39 is 22.1 Å². The van der Waals surface area contributed by atoms with Crippen molar-refractivity contribution in [2.75, 3.05) is 26.2 Å². The van der Waals surface area contributed by atoms with Gasteiger partial charge in [0.25, 0.3) is 5.91 Å². The van der Waals surface area contributed by atoms with Gasteiger partial charge in [-0.25, -0.2) is 13.2 Å². The number of carbonyl (C=O) groups excluding carboxylic acids is 2. The third kappa shape index (κ3) is 4.68. The molecule has 0 saturated carbocycles. The highest BCUT2D eigenvalue weighted by Crippen LogP contribution is 2.31. The molecule has 2 fully saturated rings. The van der Waals surface area contributed by atoms with Gasteiger partial charge in [0.1, 0.15) is 9.77 Å². The summed E-state index contributed by atoms with van der Waals surface area (Å²) < 4.78 is 33.1. The fourth-order valence-corrected chi connectivity index (χ4v) is 6.84. The highest BCUT2D eigenvalue weighted by Gasteiger charge is 2.35. The first-order valence-electron chi connectivity index (χ1n) is 10.6. The van der Waals surface area contributed by atoms with Crippen LogP contribution in [0.3, 0.4) is 0 Å². The SMILES string of the molecule is O=C(OC(C(=O)N1CCCCC1)c1ccccc1)c1sccc1S(=O)(=O)N1CCCC1. The number of sulfonamides is 1. The first-order chi connectivity index (χ1) is 15.0. The van der Waals surface area contributed by atoms with Gasteiger partial charge in [-0.1, -0.05) is 30.3 Å². The van der Waals surface area contributed by atoms with Gasteiger partial charge >= 0.3 is 5.97 Å². The Labute approximate surface area is 186 Å². The largest absolute Gasteiger partial charge is 0.443 e. The molecule has 7 nitrogen and oxygen atoms in total. The van der Waals surface area contributed by atoms with E-state index >= 15 is 0 Å². The molecule has 1 aromatic carbocycles. The average molecular weight is 463 g/mol. The van der Waals surface area contributed by atoms with Crippen LogP contribution in [0.1, 0.15) is 53.4 Å². The van der Waals surface area contributed by atoms with Gasteiger partial charge in [-0.15, -0.1) is 11.3 Å². The van der Waals surface area contributed by atoms with Crippen molar-refractivity contribution >= 4 is 33.2 Å². The summed E-state index contributed by atoms with van der Waals surface area (Å²) in [4.78, 5) is 28.0. The van der Waals surface area contributed by atoms with Gasteiger partial charge in [-0.3, -0.25) is 4.79 Å². The number of carbonyl (C=O) groups is 2. The Morgan fingerprint density at radius 2 is 1.55 bits per heavy atom. The van der Waals surface area contributed by atoms with Crippen LogP contribution >= 0.6 is 11.3 Å². The van der Waals surface area contributed by atoms with Crippen molar-refractivity contribution in [3.8, 4) is 0 Å². The number of benzene rings is 1. The van der Waals surface area contributed by atoms with E-state index in [-0.39, 0.29) is 15.7 Å². The smallest absolute Gasteiger partial charge is 0.350 e. The van der Waals surface area contributed by atoms with E-state index in [1.54, 1.807) is 34.5 Å². The Balaban J connectivity index is 1.60. The second-order valence-corrected chi connectivity index (χ2v) is 10.6. The van der Waals surface area contributed by atoms with Gasteiger partial charge in [0.05, 0.1) is 0 Å². The van der Waals surface area contributed by atoms with Crippen LogP contribution in [0, 0.1) is 0 Å². The minimum Gasteiger partial charge on any atom is -0.443 e. The van der Waals surface area contributed by atoms with E-state index in [0.29, 0.717) is 31.7 Å². The summed E-state index contributed by atoms with van der Waals surface area (Å²) in [6, 6.07) is 10.3. The van der Waals surface area contributed by atoms with Crippen molar-refractivity contribution < 1.29 is 22.7 Å². The van der Waals surface area contributed by atoms with Crippen LogP contribution in [0.5, 0.6) is 0 Å². The lowest BCUT2D eigenvalue weighted by Gasteiger charge is -2.30. The molecule has 2 saturated heterocycles. The highest BCUT2D eigenvalue weighted by molar-refractivity contribution is 7.89. The van der Waals surface area contributed by atoms with Gasteiger partial charge in [0, 0.05) is 31.7 Å². The van der Waals surface area contributed by atoms with E-state index in [2.05, 4.69) is 0 Å². The first kappa shape index (κ1) is 22.0. The quantitative estimate of drug-likeness (QED) is 0.614. The van der Waals surface area contributed by atoms with Gasteiger partial charge < -0.3 is 9.64 Å². The number of amides is 1. The molecule has 0 N–H and O–H groups in total. The van der Waals surface area contributed by atoms with Gasteiger partial charge in [0.2, 0.25) is 16.1 Å². The highest BCUT2D eigenvalue weighted by atomic mass is 32.2. The lowest BCUT2D eigenvalue weighted by Crippen LogP contribution is -2.40. The summed E-state index contributed by atoms with van der Waals surface area (Å²) >= 11 is 1.02. The lowest BCUT2D eigenvalue weighted by atomic mass is 10.1. The van der Waals surface area contributed by atoms with Gasteiger partial charge in [-0.2, -0.15) is 4.31 Å². The molecule has 3 heterocycles. The van der Waals surface area contributed by atoms with Crippen molar-refractivity contribution in [3.63, 3.8) is 0 Å². The molecule has 9 heteroatoms. The van der Waals surface area contributed by atoms with E-state index in [9.17, 15) is 18.0 Å². The Hall–Kier alpha value is -2.23. The van der Waals surface area contributed by atoms with Crippen molar-refractivity contribution in [1.82, 2.24) is 9.21 Å². The summed E-state index contributed by atoms with van der Waals surface area (Å²) in [7, 11) is -3.76. The van der Waals surface area contributed by atoms with Crippen LogP contribution in [0.15, 0.2) is 46.7 Å². The molecule has 1 unspecified atom stereocenters. The number of piperidine rings is 1. The molecule has 4 rings (SSSR count). The zero-order valence-electron chi connectivity index (χ0n) is 17.2. The van der Waals surface area contributed by atoms with Gasteiger partial charge in [-0.05, 0) is 43.6 Å². The Kier molecular flexibility index (Phi) is 6.74. The summed E-state index contributed by atoms with van der Waals surface area (Å²) in [5.41, 5.74) is 0.576. The lowest BCUT2D eigenvalue weighted by molar-refractivity contribution is -0.142. The first-order valence-corrected chi connectivity index (χ1v) is 12.9. The molecule has 0 spiro atoms. The van der Waals surface area contributed by atoms with Crippen LogP contribution in [0.25, 0.3) is 0 Å². The zero-order valence-corrected chi connectivity index (χ0v) is 18.9. The van der Waals surface area contributed by atoms with Crippen molar-refractivity contribution in [2.24, 2.45) is 0 Å². The second kappa shape index (κ2) is 9.50. The molecule has 31 heavy (non-hydrogen) atoms. The number of likely N-dealkylation sites (tertiary alicyclic amines) is 1. The number of thiophene rings is 1. The molecule has 166 valence electrons. The molecule has 1 amide bonds. The molecule has 1 atom stereocenters. The number of nitrogens with zero attached hydrogens (tertiary/aromatic N) is 2. The summed E-state index contributed by atoms with van der Waals surface area (Å²) in [6.07, 6.45) is 3.44. The summed E-state index contributed by atoms with van der Waals surface area (Å²) in [5.74, 6) is -1.05. The fourth-order valence-electron chi connectivity index (χ4n) is 4.05. The molecule has 0 radical (unpaired) electrons. The molecule has 2 aliphatic rings. The van der Waals surface area contributed by atoms with Crippen LogP contribution in [0.2, 0.25) is 0 Å². The third-order valence-corrected chi connectivity index (χ3v) is 8.68. The average Bonchev–Trinajstić information content (AvgIpc) is 3.51. The van der Waals surface area contributed by atoms with Crippen molar-refractivity contribution in [2.45, 2.75) is 43.1 Å². The van der Waals surface area contributed by atoms with Crippen LogP contribution in [0.4, 0.5) is 0 Å². The topological polar surface area (TPSA) is 84.0 Å². The molecular formula is C22H26N2O5S2. The predicted molar refractivity (Wildman–Crippen MR) is 117 cm³/mol. The second-order valence-electron chi connectivity index (χ2n) is 7.81. The van der Waals surface area contributed by atoms with Gasteiger partial charge in [0.15, 0.2) is 0 Å². The van der Waals surface area contributed by atoms with Crippen LogP contribution < -0.4 is 0 Å². The minimum absolute atomic E-state index is 0.0132. The maximum Gasteiger partial charge on any atom is 0.350 e. The molecule has 0 aliphatic carbocycles. The standard InChI is InChI=1S/C22H26N2O5S2/c25-21(23-12-5-2-6-13-23)19(17-9-3-1-4-10-17)29-22(26)20-18(11-16-30-20)31(27,28)24-14-7-8-15-24/h1,3-4,9-11,16,19H,2,5-8,12-15H2. The van der Waals surface area contributed by atoms with E-state index in [1.807, 2.05) is 6.07 Å².